The Balaban J connectivity index is 1.80. The number of rotatable bonds is 6. The van der Waals surface area contributed by atoms with Crippen LogP contribution in [0.2, 0.25) is 0 Å². The number of ether oxygens (including phenoxy) is 2. The molecule has 0 fully saturated rings. The van der Waals surface area contributed by atoms with Gasteiger partial charge < -0.3 is 18.4 Å². The molecule has 0 aliphatic heterocycles. The van der Waals surface area contributed by atoms with Gasteiger partial charge in [0.15, 0.2) is 5.82 Å². The van der Waals surface area contributed by atoms with Gasteiger partial charge in [0.25, 0.3) is 5.22 Å². The molecule has 0 saturated heterocycles. The summed E-state index contributed by atoms with van der Waals surface area (Å²) < 4.78 is 21.3. The maximum Gasteiger partial charge on any atom is 0.277 e. The summed E-state index contributed by atoms with van der Waals surface area (Å²) in [6.07, 6.45) is 0. The Labute approximate surface area is 142 Å². The molecule has 126 valence electrons. The van der Waals surface area contributed by atoms with E-state index in [1.807, 2.05) is 6.92 Å². The molecule has 0 amide bonds. The summed E-state index contributed by atoms with van der Waals surface area (Å²) in [5, 5.41) is 12.2. The van der Waals surface area contributed by atoms with Crippen LogP contribution in [0.4, 0.5) is 0 Å². The van der Waals surface area contributed by atoms with E-state index in [9.17, 15) is 0 Å². The lowest BCUT2D eigenvalue weighted by Gasteiger charge is -2.05. The Morgan fingerprint density at radius 3 is 2.38 bits per heavy atom. The van der Waals surface area contributed by atoms with Crippen LogP contribution in [0.5, 0.6) is 11.5 Å². The van der Waals surface area contributed by atoms with E-state index in [4.69, 9.17) is 18.4 Å². The second kappa shape index (κ2) is 6.91. The first-order valence-electron chi connectivity index (χ1n) is 7.13. The molecule has 0 spiro atoms. The van der Waals surface area contributed by atoms with E-state index in [1.165, 1.54) is 11.8 Å². The van der Waals surface area contributed by atoms with Gasteiger partial charge >= 0.3 is 0 Å². The van der Waals surface area contributed by atoms with Crippen molar-refractivity contribution in [3.05, 3.63) is 29.9 Å². The predicted octanol–water partition coefficient (Wildman–Crippen LogP) is 3.30. The molecule has 1 atom stereocenters. The highest BCUT2D eigenvalue weighted by atomic mass is 32.2. The number of hydrogen-bond acceptors (Lipinski definition) is 9. The number of thioether (sulfide) groups is 1. The highest BCUT2D eigenvalue weighted by Gasteiger charge is 2.19. The van der Waals surface area contributed by atoms with Gasteiger partial charge in [-0.05, 0) is 26.0 Å². The molecule has 0 N–H and O–H groups in total. The zero-order valence-electron chi connectivity index (χ0n) is 13.6. The highest BCUT2D eigenvalue weighted by Crippen LogP contribution is 2.35. The third kappa shape index (κ3) is 3.51. The molecule has 8 nitrogen and oxygen atoms in total. The highest BCUT2D eigenvalue weighted by molar-refractivity contribution is 7.99. The molecule has 0 aliphatic rings. The fourth-order valence-electron chi connectivity index (χ4n) is 1.98. The summed E-state index contributed by atoms with van der Waals surface area (Å²) in [6.45, 7) is 3.70. The monoisotopic (exact) mass is 348 g/mol. The van der Waals surface area contributed by atoms with E-state index in [0.717, 1.165) is 0 Å². The Kier molecular flexibility index (Phi) is 4.70. The maximum atomic E-state index is 5.71. The quantitative estimate of drug-likeness (QED) is 0.621. The van der Waals surface area contributed by atoms with Crippen LogP contribution >= 0.6 is 11.8 Å². The molecule has 3 aromatic rings. The molecule has 9 heteroatoms. The number of methoxy groups -OCH3 is 2. The molecule has 1 unspecified atom stereocenters. The van der Waals surface area contributed by atoms with Crippen molar-refractivity contribution in [1.29, 1.82) is 0 Å². The number of aromatic nitrogens is 4. The average molecular weight is 348 g/mol. The Morgan fingerprint density at radius 1 is 1.08 bits per heavy atom. The number of hydrogen-bond donors (Lipinski definition) is 0. The Morgan fingerprint density at radius 2 is 1.79 bits per heavy atom. The molecule has 3 rings (SSSR count). The maximum absolute atomic E-state index is 5.71. The molecule has 24 heavy (non-hydrogen) atoms. The molecule has 0 bridgehead atoms. The first-order chi connectivity index (χ1) is 11.6. The van der Waals surface area contributed by atoms with Crippen molar-refractivity contribution in [2.24, 2.45) is 0 Å². The van der Waals surface area contributed by atoms with Crippen molar-refractivity contribution in [3.8, 4) is 23.0 Å². The van der Waals surface area contributed by atoms with Crippen molar-refractivity contribution in [2.45, 2.75) is 24.3 Å². The molecule has 0 aliphatic carbocycles. The van der Waals surface area contributed by atoms with Crippen LogP contribution in [0.25, 0.3) is 11.5 Å². The molecule has 0 radical (unpaired) electrons. The average Bonchev–Trinajstić information content (AvgIpc) is 3.23. The lowest BCUT2D eigenvalue weighted by Crippen LogP contribution is -1.89. The van der Waals surface area contributed by atoms with E-state index in [-0.39, 0.29) is 5.25 Å². The normalized spacial score (nSPS) is 12.2. The van der Waals surface area contributed by atoms with E-state index >= 15 is 0 Å². The van der Waals surface area contributed by atoms with Crippen LogP contribution in [-0.4, -0.2) is 34.6 Å². The summed E-state index contributed by atoms with van der Waals surface area (Å²) in [4.78, 5) is 4.20. The number of nitrogens with zero attached hydrogens (tertiary/aromatic N) is 4. The minimum atomic E-state index is -0.0978. The molecule has 0 saturated carbocycles. The van der Waals surface area contributed by atoms with Gasteiger partial charge in [0.1, 0.15) is 11.5 Å². The van der Waals surface area contributed by atoms with Crippen molar-refractivity contribution in [2.75, 3.05) is 14.2 Å². The lowest BCUT2D eigenvalue weighted by atomic mass is 10.2. The zero-order chi connectivity index (χ0) is 17.1. The van der Waals surface area contributed by atoms with Crippen molar-refractivity contribution >= 4 is 11.8 Å². The second-order valence-electron chi connectivity index (χ2n) is 4.91. The van der Waals surface area contributed by atoms with Crippen LogP contribution in [-0.2, 0) is 0 Å². The Bertz CT molecular complexity index is 810. The standard InChI is InChI=1S/C15H16N4O4S/c1-8(13-16-9(2)19-23-13)24-15-18-17-14(22-15)10-5-11(20-3)7-12(6-10)21-4/h5-8H,1-4H3. The molecule has 1 aromatic carbocycles. The lowest BCUT2D eigenvalue weighted by molar-refractivity contribution is 0.375. The topological polar surface area (TPSA) is 96.3 Å². The minimum absolute atomic E-state index is 0.0978. The third-order valence-electron chi connectivity index (χ3n) is 3.17. The van der Waals surface area contributed by atoms with Gasteiger partial charge in [0.05, 0.1) is 19.5 Å². The van der Waals surface area contributed by atoms with Crippen LogP contribution < -0.4 is 9.47 Å². The van der Waals surface area contributed by atoms with Crippen LogP contribution in [0.1, 0.15) is 23.9 Å². The van der Waals surface area contributed by atoms with Crippen LogP contribution in [0.3, 0.4) is 0 Å². The van der Waals surface area contributed by atoms with Crippen molar-refractivity contribution in [1.82, 2.24) is 20.3 Å². The van der Waals surface area contributed by atoms with E-state index in [0.29, 0.717) is 39.9 Å². The van der Waals surface area contributed by atoms with Gasteiger partial charge in [-0.25, -0.2) is 0 Å². The summed E-state index contributed by atoms with van der Waals surface area (Å²) >= 11 is 1.35. The molecular weight excluding hydrogens is 332 g/mol. The van der Waals surface area contributed by atoms with E-state index < -0.39 is 0 Å². The largest absolute Gasteiger partial charge is 0.497 e. The Hall–Kier alpha value is -2.55. The fraction of sp³-hybridized carbons (Fsp3) is 0.333. The molecule has 2 heterocycles. The van der Waals surface area contributed by atoms with Gasteiger partial charge in [-0.2, -0.15) is 4.98 Å². The van der Waals surface area contributed by atoms with Gasteiger partial charge in [-0.1, -0.05) is 16.9 Å². The van der Waals surface area contributed by atoms with Gasteiger partial charge in [-0.15, -0.1) is 10.2 Å². The van der Waals surface area contributed by atoms with Gasteiger partial charge in [0, 0.05) is 11.6 Å². The van der Waals surface area contributed by atoms with Crippen LogP contribution in [0, 0.1) is 6.92 Å². The zero-order valence-corrected chi connectivity index (χ0v) is 14.5. The number of benzene rings is 1. The van der Waals surface area contributed by atoms with Gasteiger partial charge in [-0.3, -0.25) is 0 Å². The van der Waals surface area contributed by atoms with Crippen molar-refractivity contribution < 1.29 is 18.4 Å². The number of aryl methyl sites for hydroxylation is 1. The summed E-state index contributed by atoms with van der Waals surface area (Å²) in [5.74, 6) is 2.77. The first-order valence-corrected chi connectivity index (χ1v) is 8.01. The van der Waals surface area contributed by atoms with Gasteiger partial charge in [0.2, 0.25) is 11.8 Å². The van der Waals surface area contributed by atoms with E-state index in [2.05, 4.69) is 20.3 Å². The van der Waals surface area contributed by atoms with E-state index in [1.54, 1.807) is 39.3 Å². The predicted molar refractivity (Wildman–Crippen MR) is 86.1 cm³/mol. The summed E-state index contributed by atoms with van der Waals surface area (Å²) in [7, 11) is 3.17. The second-order valence-corrected chi connectivity index (χ2v) is 6.21. The SMILES string of the molecule is COc1cc(OC)cc(-c2nnc(SC(C)c3nc(C)no3)o2)c1. The fourth-order valence-corrected chi connectivity index (χ4v) is 2.70. The summed E-state index contributed by atoms with van der Waals surface area (Å²) in [5.41, 5.74) is 0.715. The molecular formula is C15H16N4O4S. The molecule has 2 aromatic heterocycles. The van der Waals surface area contributed by atoms with Crippen molar-refractivity contribution in [3.63, 3.8) is 0 Å². The van der Waals surface area contributed by atoms with Crippen LogP contribution in [0.15, 0.2) is 32.4 Å². The summed E-state index contributed by atoms with van der Waals surface area (Å²) in [6, 6.07) is 5.38. The third-order valence-corrected chi connectivity index (χ3v) is 4.10. The smallest absolute Gasteiger partial charge is 0.277 e. The first kappa shape index (κ1) is 16.3. The minimum Gasteiger partial charge on any atom is -0.497 e.